The third-order valence-corrected chi connectivity index (χ3v) is 8.16. The molecular weight excluding hydrogens is 563 g/mol. The number of rotatable bonds is 14. The summed E-state index contributed by atoms with van der Waals surface area (Å²) in [4.78, 5) is 15.3. The minimum absolute atomic E-state index is 0.180. The molecule has 2 N–H and O–H groups in total. The maximum absolute atomic E-state index is 13.6. The molecule has 1 heterocycles. The van der Waals surface area contributed by atoms with Crippen LogP contribution in [-0.4, -0.2) is 78.4 Å². The molecule has 1 aliphatic rings. The standard InChI is InChI=1S/C28H38F3N3O6S/c1-19(2)34(27(35)21-8-11-25(39-4)26(14-21)40-13-5-12-38-3)17-22-15-32-16-24(22)33-41(36,37)18-20-6-9-23(10-7-20)28(29,30)31/h6-11,14,19,22,24,32-33H,5,12-13,15-18H2,1-4H3/t22-,24+/m0/s1. The molecule has 1 amide bonds. The van der Waals surface area contributed by atoms with Gasteiger partial charge in [0.15, 0.2) is 11.5 Å². The highest BCUT2D eigenvalue weighted by Gasteiger charge is 2.34. The number of carbonyl (C=O) groups excluding carboxylic acids is 1. The number of carbonyl (C=O) groups is 1. The average Bonchev–Trinajstić information content (AvgIpc) is 3.34. The number of hydrogen-bond acceptors (Lipinski definition) is 7. The van der Waals surface area contributed by atoms with Crippen LogP contribution in [-0.2, 0) is 26.7 Å². The summed E-state index contributed by atoms with van der Waals surface area (Å²) >= 11 is 0. The first kappa shape index (κ1) is 32.6. The van der Waals surface area contributed by atoms with Crippen molar-refractivity contribution in [2.45, 2.75) is 44.3 Å². The van der Waals surface area contributed by atoms with E-state index in [4.69, 9.17) is 14.2 Å². The summed E-state index contributed by atoms with van der Waals surface area (Å²) in [6, 6.07) is 8.35. The summed E-state index contributed by atoms with van der Waals surface area (Å²) in [7, 11) is -0.743. The van der Waals surface area contributed by atoms with Crippen LogP contribution in [0.1, 0.15) is 41.8 Å². The van der Waals surface area contributed by atoms with Crippen LogP contribution in [0.2, 0.25) is 0 Å². The van der Waals surface area contributed by atoms with E-state index in [1.807, 2.05) is 13.8 Å². The molecule has 41 heavy (non-hydrogen) atoms. The number of benzene rings is 2. The molecule has 2 aromatic carbocycles. The Morgan fingerprint density at radius 1 is 1.07 bits per heavy atom. The second-order valence-corrected chi connectivity index (χ2v) is 12.0. The van der Waals surface area contributed by atoms with Crippen molar-refractivity contribution in [3.05, 3.63) is 59.2 Å². The second-order valence-electron chi connectivity index (χ2n) is 10.2. The van der Waals surface area contributed by atoms with Crippen LogP contribution in [0.15, 0.2) is 42.5 Å². The highest BCUT2D eigenvalue weighted by atomic mass is 32.2. The zero-order chi connectivity index (χ0) is 30.2. The molecule has 3 rings (SSSR count). The topological polar surface area (TPSA) is 106 Å². The van der Waals surface area contributed by atoms with Crippen molar-refractivity contribution in [1.82, 2.24) is 14.9 Å². The fourth-order valence-corrected chi connectivity index (χ4v) is 6.05. The Balaban J connectivity index is 1.69. The number of methoxy groups -OCH3 is 2. The lowest BCUT2D eigenvalue weighted by Crippen LogP contribution is -2.47. The summed E-state index contributed by atoms with van der Waals surface area (Å²) in [6.07, 6.45) is -3.83. The second kappa shape index (κ2) is 14.3. The molecule has 1 saturated heterocycles. The fraction of sp³-hybridized carbons (Fsp3) is 0.536. The van der Waals surface area contributed by atoms with Crippen molar-refractivity contribution in [2.75, 3.05) is 47.1 Å². The molecule has 0 aliphatic carbocycles. The first-order valence-electron chi connectivity index (χ1n) is 13.3. The lowest BCUT2D eigenvalue weighted by atomic mass is 10.0. The van der Waals surface area contributed by atoms with E-state index in [9.17, 15) is 26.4 Å². The Bertz CT molecular complexity index is 1260. The van der Waals surface area contributed by atoms with E-state index >= 15 is 0 Å². The van der Waals surface area contributed by atoms with Gasteiger partial charge in [-0.3, -0.25) is 4.79 Å². The minimum Gasteiger partial charge on any atom is -0.493 e. The lowest BCUT2D eigenvalue weighted by molar-refractivity contribution is -0.137. The molecule has 0 spiro atoms. The van der Waals surface area contributed by atoms with Crippen molar-refractivity contribution >= 4 is 15.9 Å². The monoisotopic (exact) mass is 601 g/mol. The van der Waals surface area contributed by atoms with E-state index in [1.54, 1.807) is 30.2 Å². The van der Waals surface area contributed by atoms with E-state index in [1.165, 1.54) is 7.11 Å². The summed E-state index contributed by atoms with van der Waals surface area (Å²) in [5, 5.41) is 3.18. The summed E-state index contributed by atoms with van der Waals surface area (Å²) in [5.41, 5.74) is -0.190. The van der Waals surface area contributed by atoms with E-state index in [-0.39, 0.29) is 30.0 Å². The Kier molecular flexibility index (Phi) is 11.4. The Hall–Kier alpha value is -2.87. The first-order valence-corrected chi connectivity index (χ1v) is 15.0. The molecule has 0 bridgehead atoms. The SMILES string of the molecule is COCCCOc1cc(C(=O)N(C[C@@H]2CNC[C@H]2NS(=O)(=O)Cc2ccc(C(F)(F)F)cc2)C(C)C)ccc1OC. The van der Waals surface area contributed by atoms with Gasteiger partial charge in [0, 0.05) is 63.3 Å². The number of nitrogens with one attached hydrogen (secondary N) is 2. The molecule has 0 unspecified atom stereocenters. The van der Waals surface area contributed by atoms with Crippen LogP contribution in [0.25, 0.3) is 0 Å². The molecule has 13 heteroatoms. The quantitative estimate of drug-likeness (QED) is 0.318. The maximum atomic E-state index is 13.6. The minimum atomic E-state index is -4.50. The molecule has 0 aromatic heterocycles. The highest BCUT2D eigenvalue weighted by Crippen LogP contribution is 2.30. The molecule has 2 atom stereocenters. The predicted molar refractivity (Wildman–Crippen MR) is 149 cm³/mol. The van der Waals surface area contributed by atoms with Crippen molar-refractivity contribution in [3.63, 3.8) is 0 Å². The van der Waals surface area contributed by atoms with Gasteiger partial charge in [-0.15, -0.1) is 0 Å². The van der Waals surface area contributed by atoms with Crippen LogP contribution in [0.5, 0.6) is 11.5 Å². The normalized spacial score (nSPS) is 17.6. The molecule has 1 aliphatic heterocycles. The van der Waals surface area contributed by atoms with Gasteiger partial charge in [0.05, 0.1) is 25.0 Å². The van der Waals surface area contributed by atoms with Gasteiger partial charge < -0.3 is 24.4 Å². The summed E-state index contributed by atoms with van der Waals surface area (Å²) < 4.78 is 83.3. The highest BCUT2D eigenvalue weighted by molar-refractivity contribution is 7.88. The van der Waals surface area contributed by atoms with Crippen molar-refractivity contribution < 1.29 is 40.6 Å². The molecule has 2 aromatic rings. The Morgan fingerprint density at radius 2 is 1.78 bits per heavy atom. The van der Waals surface area contributed by atoms with Crippen molar-refractivity contribution in [1.29, 1.82) is 0 Å². The number of hydrogen-bond donors (Lipinski definition) is 2. The van der Waals surface area contributed by atoms with Crippen LogP contribution in [0.3, 0.4) is 0 Å². The zero-order valence-electron chi connectivity index (χ0n) is 23.7. The maximum Gasteiger partial charge on any atom is 0.416 e. The molecule has 9 nitrogen and oxygen atoms in total. The van der Waals surface area contributed by atoms with Crippen LogP contribution in [0, 0.1) is 5.92 Å². The molecule has 0 radical (unpaired) electrons. The molecular formula is C28H38F3N3O6S. The smallest absolute Gasteiger partial charge is 0.416 e. The third-order valence-electron chi connectivity index (χ3n) is 6.79. The first-order chi connectivity index (χ1) is 19.3. The number of nitrogens with zero attached hydrogens (tertiary/aromatic N) is 1. The number of sulfonamides is 1. The summed E-state index contributed by atoms with van der Waals surface area (Å²) in [6.45, 7) is 5.82. The zero-order valence-corrected chi connectivity index (χ0v) is 24.5. The fourth-order valence-electron chi connectivity index (χ4n) is 4.60. The number of halogens is 3. The average molecular weight is 602 g/mol. The van der Waals surface area contributed by atoms with Gasteiger partial charge in [0.25, 0.3) is 5.91 Å². The van der Waals surface area contributed by atoms with Gasteiger partial charge in [0.2, 0.25) is 10.0 Å². The van der Waals surface area contributed by atoms with Gasteiger partial charge in [0.1, 0.15) is 0 Å². The lowest BCUT2D eigenvalue weighted by Gasteiger charge is -2.32. The molecule has 0 saturated carbocycles. The Morgan fingerprint density at radius 3 is 2.39 bits per heavy atom. The van der Waals surface area contributed by atoms with Crippen LogP contribution < -0.4 is 19.5 Å². The molecule has 1 fully saturated rings. The van der Waals surface area contributed by atoms with Crippen molar-refractivity contribution in [2.24, 2.45) is 5.92 Å². The van der Waals surface area contributed by atoms with Gasteiger partial charge in [-0.2, -0.15) is 13.2 Å². The van der Waals surface area contributed by atoms with Crippen molar-refractivity contribution in [3.8, 4) is 11.5 Å². The Labute approximate surface area is 239 Å². The van der Waals surface area contributed by atoms with Crippen LogP contribution in [0.4, 0.5) is 13.2 Å². The summed E-state index contributed by atoms with van der Waals surface area (Å²) in [5.74, 6) is 0.0155. The predicted octanol–water partition coefficient (Wildman–Crippen LogP) is 3.69. The third kappa shape index (κ3) is 9.32. The van der Waals surface area contributed by atoms with E-state index in [2.05, 4.69) is 10.0 Å². The van der Waals surface area contributed by atoms with Gasteiger partial charge >= 0.3 is 6.18 Å². The number of alkyl halides is 3. The van der Waals surface area contributed by atoms with E-state index in [0.29, 0.717) is 49.8 Å². The van der Waals surface area contributed by atoms with Gasteiger partial charge in [-0.1, -0.05) is 12.1 Å². The van der Waals surface area contributed by atoms with Crippen LogP contribution >= 0.6 is 0 Å². The largest absolute Gasteiger partial charge is 0.493 e. The van der Waals surface area contributed by atoms with Gasteiger partial charge in [-0.05, 0) is 49.7 Å². The van der Waals surface area contributed by atoms with E-state index in [0.717, 1.165) is 24.3 Å². The van der Waals surface area contributed by atoms with Gasteiger partial charge in [-0.25, -0.2) is 13.1 Å². The molecule has 228 valence electrons. The van der Waals surface area contributed by atoms with E-state index < -0.39 is 33.6 Å². The number of ether oxygens (including phenoxy) is 3. The number of amides is 1.